The van der Waals surface area contributed by atoms with E-state index in [0.717, 1.165) is 19.4 Å². The Labute approximate surface area is 99.6 Å². The van der Waals surface area contributed by atoms with Gasteiger partial charge in [0.2, 0.25) is 5.82 Å². The van der Waals surface area contributed by atoms with Crippen molar-refractivity contribution in [2.24, 2.45) is 11.1 Å². The maximum Gasteiger partial charge on any atom is 0.376 e. The Morgan fingerprint density at radius 3 is 3.00 bits per heavy atom. The zero-order valence-electron chi connectivity index (χ0n) is 9.77. The van der Waals surface area contributed by atoms with E-state index in [9.17, 15) is 4.79 Å². The molecule has 1 saturated carbocycles. The van der Waals surface area contributed by atoms with Crippen molar-refractivity contribution in [3.05, 3.63) is 18.1 Å². The average Bonchev–Trinajstić information content (AvgIpc) is 3.16. The van der Waals surface area contributed by atoms with Gasteiger partial charge in [-0.3, -0.25) is 0 Å². The van der Waals surface area contributed by atoms with Gasteiger partial charge in [-0.15, -0.1) is 0 Å². The summed E-state index contributed by atoms with van der Waals surface area (Å²) in [5, 5.41) is 3.18. The number of carbonyl (C=O) groups excluding carboxylic acids is 1. The van der Waals surface area contributed by atoms with Gasteiger partial charge in [-0.2, -0.15) is 0 Å². The van der Waals surface area contributed by atoms with E-state index >= 15 is 0 Å². The van der Waals surface area contributed by atoms with Crippen LogP contribution in [0.25, 0.3) is 0 Å². The first-order valence-electron chi connectivity index (χ1n) is 5.54. The molecular formula is C11H16N4O2. The first-order chi connectivity index (χ1) is 8.19. The zero-order chi connectivity index (χ0) is 12.3. The Morgan fingerprint density at radius 1 is 1.65 bits per heavy atom. The maximum absolute atomic E-state index is 11.2. The summed E-state index contributed by atoms with van der Waals surface area (Å²) < 4.78 is 4.56. The number of carbonyl (C=O) groups is 1. The lowest BCUT2D eigenvalue weighted by molar-refractivity contribution is 0.0587. The third-order valence-electron chi connectivity index (χ3n) is 3.06. The Bertz CT molecular complexity index is 418. The molecule has 92 valence electrons. The summed E-state index contributed by atoms with van der Waals surface area (Å²) in [6.07, 6.45) is 3.82. The van der Waals surface area contributed by atoms with E-state index < -0.39 is 5.97 Å². The van der Waals surface area contributed by atoms with Crippen LogP contribution in [0.4, 0.5) is 5.82 Å². The molecule has 6 nitrogen and oxygen atoms in total. The van der Waals surface area contributed by atoms with Crippen molar-refractivity contribution in [2.75, 3.05) is 25.5 Å². The highest BCUT2D eigenvalue weighted by Gasteiger charge is 2.40. The molecular weight excluding hydrogens is 220 g/mol. The van der Waals surface area contributed by atoms with Gasteiger partial charge in [-0.05, 0) is 30.9 Å². The summed E-state index contributed by atoms with van der Waals surface area (Å²) in [5.74, 6) is 0.156. The van der Waals surface area contributed by atoms with Crippen LogP contribution in [0.2, 0.25) is 0 Å². The summed E-state index contributed by atoms with van der Waals surface area (Å²) in [4.78, 5) is 19.2. The average molecular weight is 236 g/mol. The Morgan fingerprint density at radius 2 is 2.41 bits per heavy atom. The number of hydrogen-bond donors (Lipinski definition) is 2. The summed E-state index contributed by atoms with van der Waals surface area (Å²) in [6, 6.07) is 1.72. The highest BCUT2D eigenvalue weighted by Crippen LogP contribution is 2.44. The molecule has 0 amide bonds. The molecule has 3 N–H and O–H groups in total. The number of rotatable bonds is 5. The highest BCUT2D eigenvalue weighted by molar-refractivity contribution is 5.85. The summed E-state index contributed by atoms with van der Waals surface area (Å²) in [7, 11) is 1.30. The number of nitrogens with two attached hydrogens (primary N) is 1. The minimum Gasteiger partial charge on any atom is -0.463 e. The van der Waals surface area contributed by atoms with Crippen molar-refractivity contribution in [2.45, 2.75) is 12.8 Å². The van der Waals surface area contributed by atoms with E-state index in [4.69, 9.17) is 5.73 Å². The van der Waals surface area contributed by atoms with Gasteiger partial charge in [0, 0.05) is 12.7 Å². The second kappa shape index (κ2) is 4.67. The van der Waals surface area contributed by atoms with Gasteiger partial charge in [-0.1, -0.05) is 0 Å². The molecule has 1 aliphatic carbocycles. The molecule has 6 heteroatoms. The maximum atomic E-state index is 11.2. The number of methoxy groups -OCH3 is 1. The third-order valence-corrected chi connectivity index (χ3v) is 3.06. The van der Waals surface area contributed by atoms with Crippen LogP contribution >= 0.6 is 0 Å². The van der Waals surface area contributed by atoms with E-state index in [1.54, 1.807) is 6.07 Å². The van der Waals surface area contributed by atoms with Crippen molar-refractivity contribution in [3.63, 3.8) is 0 Å². The van der Waals surface area contributed by atoms with Gasteiger partial charge in [0.15, 0.2) is 0 Å². The van der Waals surface area contributed by atoms with Crippen LogP contribution in [0.1, 0.15) is 23.5 Å². The van der Waals surface area contributed by atoms with Gasteiger partial charge in [0.05, 0.1) is 7.11 Å². The fourth-order valence-corrected chi connectivity index (χ4v) is 1.55. The van der Waals surface area contributed by atoms with Crippen LogP contribution in [0, 0.1) is 5.41 Å². The normalized spacial score (nSPS) is 16.4. The molecule has 0 aromatic carbocycles. The highest BCUT2D eigenvalue weighted by atomic mass is 16.5. The number of hydrogen-bond acceptors (Lipinski definition) is 6. The molecule has 17 heavy (non-hydrogen) atoms. The Hall–Kier alpha value is -1.69. The molecule has 1 aliphatic rings. The van der Waals surface area contributed by atoms with Gasteiger partial charge in [0.25, 0.3) is 0 Å². The molecule has 0 unspecified atom stereocenters. The lowest BCUT2D eigenvalue weighted by Gasteiger charge is -2.13. The van der Waals surface area contributed by atoms with Crippen molar-refractivity contribution in [1.29, 1.82) is 0 Å². The summed E-state index contributed by atoms with van der Waals surface area (Å²) in [5.41, 5.74) is 5.90. The smallest absolute Gasteiger partial charge is 0.376 e. The third kappa shape index (κ3) is 2.71. The van der Waals surface area contributed by atoms with Crippen LogP contribution in [-0.2, 0) is 4.74 Å². The van der Waals surface area contributed by atoms with E-state index in [1.807, 2.05) is 0 Å². The Kier molecular flexibility index (Phi) is 3.23. The molecule has 2 rings (SSSR count). The number of ether oxygens (including phenoxy) is 1. The number of nitrogens with one attached hydrogen (secondary N) is 1. The summed E-state index contributed by atoms with van der Waals surface area (Å²) in [6.45, 7) is 1.45. The molecule has 1 aromatic rings. The second-order valence-corrected chi connectivity index (χ2v) is 4.31. The Balaban J connectivity index is 1.99. The number of esters is 1. The van der Waals surface area contributed by atoms with E-state index in [1.165, 1.54) is 13.3 Å². The van der Waals surface area contributed by atoms with Crippen LogP contribution in [0.15, 0.2) is 12.3 Å². The largest absolute Gasteiger partial charge is 0.463 e. The quantitative estimate of drug-likeness (QED) is 0.720. The first kappa shape index (κ1) is 11.8. The molecule has 1 heterocycles. The molecule has 0 radical (unpaired) electrons. The van der Waals surface area contributed by atoms with Gasteiger partial charge in [-0.25, -0.2) is 14.8 Å². The fourth-order valence-electron chi connectivity index (χ4n) is 1.55. The molecule has 0 atom stereocenters. The molecule has 1 aromatic heterocycles. The topological polar surface area (TPSA) is 90.1 Å². The predicted molar refractivity (Wildman–Crippen MR) is 62.6 cm³/mol. The predicted octanol–water partition coefficient (Wildman–Crippen LogP) is 0.414. The zero-order valence-corrected chi connectivity index (χ0v) is 9.77. The van der Waals surface area contributed by atoms with E-state index in [2.05, 4.69) is 20.0 Å². The number of anilines is 1. The standard InChI is InChI=1S/C11H16N4O2/c1-17-10(16)9-13-5-2-8(15-9)14-7-11(6-12)3-4-11/h2,5H,3-4,6-7,12H2,1H3,(H,13,14,15). The van der Waals surface area contributed by atoms with Crippen molar-refractivity contribution in [1.82, 2.24) is 9.97 Å². The minimum atomic E-state index is -0.534. The fraction of sp³-hybridized carbons (Fsp3) is 0.545. The molecule has 0 spiro atoms. The van der Waals surface area contributed by atoms with Crippen LogP contribution < -0.4 is 11.1 Å². The summed E-state index contributed by atoms with van der Waals surface area (Å²) >= 11 is 0. The first-order valence-corrected chi connectivity index (χ1v) is 5.54. The van der Waals surface area contributed by atoms with Crippen molar-refractivity contribution in [3.8, 4) is 0 Å². The van der Waals surface area contributed by atoms with Gasteiger partial charge < -0.3 is 15.8 Å². The lowest BCUT2D eigenvalue weighted by atomic mass is 10.1. The SMILES string of the molecule is COC(=O)c1nccc(NCC2(CN)CC2)n1. The number of nitrogens with zero attached hydrogens (tertiary/aromatic N) is 2. The minimum absolute atomic E-state index is 0.0649. The van der Waals surface area contributed by atoms with Crippen molar-refractivity contribution >= 4 is 11.8 Å². The van der Waals surface area contributed by atoms with Crippen LogP contribution in [0.3, 0.4) is 0 Å². The van der Waals surface area contributed by atoms with Crippen molar-refractivity contribution < 1.29 is 9.53 Å². The van der Waals surface area contributed by atoms with Crippen LogP contribution in [-0.4, -0.2) is 36.1 Å². The lowest BCUT2D eigenvalue weighted by Crippen LogP contribution is -2.24. The molecule has 0 saturated heterocycles. The van der Waals surface area contributed by atoms with Gasteiger partial charge >= 0.3 is 5.97 Å². The van der Waals surface area contributed by atoms with Gasteiger partial charge in [0.1, 0.15) is 5.82 Å². The monoisotopic (exact) mass is 236 g/mol. The van der Waals surface area contributed by atoms with E-state index in [-0.39, 0.29) is 11.2 Å². The molecule has 1 fully saturated rings. The van der Waals surface area contributed by atoms with E-state index in [0.29, 0.717) is 12.4 Å². The second-order valence-electron chi connectivity index (χ2n) is 4.31. The molecule has 0 bridgehead atoms. The molecule has 0 aliphatic heterocycles. The van der Waals surface area contributed by atoms with Crippen LogP contribution in [0.5, 0.6) is 0 Å². The number of aromatic nitrogens is 2.